The van der Waals surface area contributed by atoms with Crippen LogP contribution < -0.4 is 5.32 Å². The van der Waals surface area contributed by atoms with Gasteiger partial charge in [-0.25, -0.2) is 0 Å². The third-order valence-electron chi connectivity index (χ3n) is 8.43. The Kier molecular flexibility index (Phi) is 5.47. The average Bonchev–Trinajstić information content (AvgIpc) is 3.09. The van der Waals surface area contributed by atoms with E-state index in [-0.39, 0.29) is 11.6 Å². The second-order valence-electron chi connectivity index (χ2n) is 11.1. The van der Waals surface area contributed by atoms with Crippen molar-refractivity contribution >= 4 is 28.8 Å². The maximum atomic E-state index is 9.47. The zero-order valence-corrected chi connectivity index (χ0v) is 23.0. The first kappa shape index (κ1) is 23.9. The van der Waals surface area contributed by atoms with Crippen molar-refractivity contribution in [2.45, 2.75) is 43.2 Å². The van der Waals surface area contributed by atoms with Gasteiger partial charge in [-0.3, -0.25) is 4.31 Å². The van der Waals surface area contributed by atoms with Crippen molar-refractivity contribution in [3.63, 3.8) is 0 Å². The fourth-order valence-corrected chi connectivity index (χ4v) is 7.26. The van der Waals surface area contributed by atoms with Crippen molar-refractivity contribution < 1.29 is 0 Å². The number of rotatable bonds is 2. The van der Waals surface area contributed by atoms with Crippen molar-refractivity contribution in [3.05, 3.63) is 131 Å². The van der Waals surface area contributed by atoms with Crippen LogP contribution in [0.4, 0.5) is 0 Å². The second kappa shape index (κ2) is 8.93. The molecular formula is C35H29N3S. The molecule has 2 aliphatic carbocycles. The summed E-state index contributed by atoms with van der Waals surface area (Å²) in [5.41, 5.74) is 13.2. The molecule has 0 spiro atoms. The van der Waals surface area contributed by atoms with E-state index < -0.39 is 0 Å². The molecule has 0 saturated carbocycles. The van der Waals surface area contributed by atoms with Crippen molar-refractivity contribution in [2.75, 3.05) is 0 Å². The number of hydrogen-bond acceptors (Lipinski definition) is 4. The van der Waals surface area contributed by atoms with Gasteiger partial charge in [0.1, 0.15) is 6.17 Å². The van der Waals surface area contributed by atoms with Crippen LogP contribution in [0.2, 0.25) is 0 Å². The van der Waals surface area contributed by atoms with Crippen LogP contribution >= 0.6 is 11.9 Å². The fourth-order valence-electron chi connectivity index (χ4n) is 6.25. The molecule has 0 bridgehead atoms. The largest absolute Gasteiger partial charge is 0.361 e. The maximum Gasteiger partial charge on any atom is 0.129 e. The van der Waals surface area contributed by atoms with Gasteiger partial charge < -0.3 is 5.32 Å². The molecule has 2 aliphatic heterocycles. The molecule has 0 fully saturated rings. The number of nitrogens with one attached hydrogen (secondary N) is 1. The smallest absolute Gasteiger partial charge is 0.129 e. The Morgan fingerprint density at radius 1 is 0.974 bits per heavy atom. The van der Waals surface area contributed by atoms with Gasteiger partial charge in [-0.05, 0) is 99.7 Å². The molecule has 1 unspecified atom stereocenters. The molecule has 2 heterocycles. The molecule has 3 aromatic carbocycles. The molecule has 3 nitrogen and oxygen atoms in total. The number of fused-ring (bicyclic) bond motifs is 4. The highest BCUT2D eigenvalue weighted by atomic mass is 32.2. The van der Waals surface area contributed by atoms with Crippen molar-refractivity contribution in [3.8, 4) is 17.2 Å². The molecule has 7 rings (SSSR count). The minimum Gasteiger partial charge on any atom is -0.361 e. The SMILES string of the molecule is C=C1NC2C=C(c3ccc(-c4ccc5c(c4)C(C)(C)C4=C5CCC(C#N)=C4)cc3)C=CN2Sc2ccccc21. The normalized spacial score (nSPS) is 20.5. The molecule has 0 saturated heterocycles. The van der Waals surface area contributed by atoms with Crippen LogP contribution in [-0.4, -0.2) is 10.5 Å². The van der Waals surface area contributed by atoms with Crippen molar-refractivity contribution in [1.82, 2.24) is 9.62 Å². The van der Waals surface area contributed by atoms with Crippen LogP contribution in [0.25, 0.3) is 28.0 Å². The van der Waals surface area contributed by atoms with E-state index in [1.165, 1.54) is 49.4 Å². The zero-order chi connectivity index (χ0) is 26.7. The Morgan fingerprint density at radius 3 is 2.56 bits per heavy atom. The molecule has 190 valence electrons. The van der Waals surface area contributed by atoms with Gasteiger partial charge in [0.05, 0.1) is 6.07 Å². The maximum absolute atomic E-state index is 9.47. The van der Waals surface area contributed by atoms with E-state index in [1.807, 2.05) is 0 Å². The number of nitrogens with zero attached hydrogens (tertiary/aromatic N) is 2. The van der Waals surface area contributed by atoms with E-state index >= 15 is 0 Å². The van der Waals surface area contributed by atoms with E-state index in [4.69, 9.17) is 0 Å². The predicted octanol–water partition coefficient (Wildman–Crippen LogP) is 8.46. The minimum atomic E-state index is -0.0971. The van der Waals surface area contributed by atoms with Gasteiger partial charge in [0.2, 0.25) is 0 Å². The van der Waals surface area contributed by atoms with E-state index in [9.17, 15) is 5.26 Å². The number of hydrogen-bond donors (Lipinski definition) is 1. The lowest BCUT2D eigenvalue weighted by atomic mass is 9.78. The summed E-state index contributed by atoms with van der Waals surface area (Å²) < 4.78 is 2.24. The molecule has 3 aromatic rings. The second-order valence-corrected chi connectivity index (χ2v) is 12.1. The Morgan fingerprint density at radius 2 is 1.74 bits per heavy atom. The van der Waals surface area contributed by atoms with Gasteiger partial charge in [0.25, 0.3) is 0 Å². The molecule has 1 N–H and O–H groups in total. The molecule has 0 aromatic heterocycles. The Hall–Kier alpha value is -4.20. The molecular weight excluding hydrogens is 494 g/mol. The van der Waals surface area contributed by atoms with Gasteiger partial charge >= 0.3 is 0 Å². The molecule has 1 atom stereocenters. The Balaban J connectivity index is 1.15. The molecule has 39 heavy (non-hydrogen) atoms. The molecule has 4 heteroatoms. The van der Waals surface area contributed by atoms with Gasteiger partial charge in [-0.15, -0.1) is 0 Å². The summed E-state index contributed by atoms with van der Waals surface area (Å²) in [6.45, 7) is 8.87. The van der Waals surface area contributed by atoms with Crippen LogP contribution in [0.15, 0.2) is 114 Å². The fraction of sp³-hybridized carbons (Fsp3) is 0.171. The number of nitriles is 1. The summed E-state index contributed by atoms with van der Waals surface area (Å²) in [6, 6.07) is 26.6. The van der Waals surface area contributed by atoms with E-state index in [0.717, 1.165) is 29.7 Å². The van der Waals surface area contributed by atoms with Gasteiger partial charge in [0.15, 0.2) is 0 Å². The lowest BCUT2D eigenvalue weighted by molar-refractivity contribution is 0.484. The highest BCUT2D eigenvalue weighted by molar-refractivity contribution is 7.97. The topological polar surface area (TPSA) is 39.1 Å². The molecule has 0 radical (unpaired) electrons. The summed E-state index contributed by atoms with van der Waals surface area (Å²) in [7, 11) is 0. The summed E-state index contributed by atoms with van der Waals surface area (Å²) in [6.07, 6.45) is 10.6. The van der Waals surface area contributed by atoms with Crippen LogP contribution in [-0.2, 0) is 5.41 Å². The first-order valence-electron chi connectivity index (χ1n) is 13.4. The number of allylic oxidation sites excluding steroid dienone is 6. The predicted molar refractivity (Wildman–Crippen MR) is 162 cm³/mol. The Bertz CT molecular complexity index is 1710. The first-order valence-corrected chi connectivity index (χ1v) is 14.2. The van der Waals surface area contributed by atoms with Gasteiger partial charge in [0, 0.05) is 33.3 Å². The molecule has 0 amide bonds. The Labute approximate surface area is 234 Å². The highest BCUT2D eigenvalue weighted by Gasteiger charge is 2.38. The monoisotopic (exact) mass is 523 g/mol. The minimum absolute atomic E-state index is 0.0302. The third kappa shape index (κ3) is 3.88. The van der Waals surface area contributed by atoms with Crippen molar-refractivity contribution in [1.29, 1.82) is 5.26 Å². The van der Waals surface area contributed by atoms with Gasteiger partial charge in [-0.1, -0.05) is 75.0 Å². The quantitative estimate of drug-likeness (QED) is 0.342. The lowest BCUT2D eigenvalue weighted by Gasteiger charge is -2.29. The first-order chi connectivity index (χ1) is 18.9. The summed E-state index contributed by atoms with van der Waals surface area (Å²) >= 11 is 1.74. The van der Waals surface area contributed by atoms with Crippen LogP contribution in [0.5, 0.6) is 0 Å². The standard InChI is InChI=1S/C35H29N3S/c1-22-28-6-4-5-7-33(28)39-38-17-16-27(20-34(38)37-22)25-11-9-24(10-12-25)26-13-15-30-29-14-8-23(21-36)18-31(29)35(2,3)32(30)19-26/h4-7,9-13,15-20,34,37H,1,8,14H2,2-3H3. The van der Waals surface area contributed by atoms with E-state index in [1.54, 1.807) is 11.9 Å². The van der Waals surface area contributed by atoms with Crippen LogP contribution in [0.3, 0.4) is 0 Å². The summed E-state index contributed by atoms with van der Waals surface area (Å²) in [4.78, 5) is 1.21. The highest BCUT2D eigenvalue weighted by Crippen LogP contribution is 2.51. The number of benzene rings is 3. The van der Waals surface area contributed by atoms with E-state index in [2.05, 4.69) is 127 Å². The van der Waals surface area contributed by atoms with E-state index in [0.29, 0.717) is 0 Å². The third-order valence-corrected chi connectivity index (χ3v) is 9.54. The van der Waals surface area contributed by atoms with Crippen LogP contribution in [0.1, 0.15) is 48.9 Å². The van der Waals surface area contributed by atoms with Gasteiger partial charge in [-0.2, -0.15) is 5.26 Å². The summed E-state index contributed by atoms with van der Waals surface area (Å²) in [5.74, 6) is 0. The zero-order valence-electron chi connectivity index (χ0n) is 22.2. The lowest BCUT2D eigenvalue weighted by Crippen LogP contribution is -2.36. The summed E-state index contributed by atoms with van der Waals surface area (Å²) in [5, 5.41) is 13.1. The van der Waals surface area contributed by atoms with Crippen molar-refractivity contribution in [2.24, 2.45) is 0 Å². The van der Waals surface area contributed by atoms with Crippen LogP contribution in [0, 0.1) is 11.3 Å². The molecule has 4 aliphatic rings. The average molecular weight is 524 g/mol.